The lowest BCUT2D eigenvalue weighted by molar-refractivity contribution is -0.384. The zero-order valence-electron chi connectivity index (χ0n) is 18.4. The number of hydrogen-bond donors (Lipinski definition) is 0. The maximum atomic E-state index is 11.9. The molecule has 0 radical (unpaired) electrons. The minimum Gasteiger partial charge on any atom is -0.481 e. The third kappa shape index (κ3) is 5.09. The lowest BCUT2D eigenvalue weighted by atomic mass is 9.98. The van der Waals surface area contributed by atoms with Crippen molar-refractivity contribution < 1.29 is 14.5 Å². The molecule has 0 N–H and O–H groups in total. The van der Waals surface area contributed by atoms with Gasteiger partial charge in [0.1, 0.15) is 5.69 Å². The second kappa shape index (κ2) is 10.5. The molecule has 0 bridgehead atoms. The van der Waals surface area contributed by atoms with E-state index in [1.54, 1.807) is 6.07 Å². The molecule has 0 saturated carbocycles. The van der Waals surface area contributed by atoms with E-state index in [4.69, 9.17) is 4.74 Å². The Morgan fingerprint density at radius 2 is 1.72 bits per heavy atom. The molecule has 0 aliphatic heterocycles. The maximum absolute atomic E-state index is 11.9. The number of methoxy groups -OCH3 is 1. The number of hydrogen-bond acceptors (Lipinski definition) is 7. The average Bonchev–Trinajstić information content (AvgIpc) is 2.81. The summed E-state index contributed by atoms with van der Waals surface area (Å²) < 4.78 is 5.10. The highest BCUT2D eigenvalue weighted by molar-refractivity contribution is 5.93. The van der Waals surface area contributed by atoms with Crippen LogP contribution in [0.4, 0.5) is 17.1 Å². The fraction of sp³-hybridized carbons (Fsp3) is 0.250. The number of carbonyl (C=O) groups excluding carboxylic acids is 1. The van der Waals surface area contributed by atoms with Crippen molar-refractivity contribution in [1.82, 2.24) is 9.88 Å². The summed E-state index contributed by atoms with van der Waals surface area (Å²) in [4.78, 5) is 31.3. The largest absolute Gasteiger partial charge is 0.481 e. The summed E-state index contributed by atoms with van der Waals surface area (Å²) in [5, 5.41) is 11.9. The van der Waals surface area contributed by atoms with Crippen LogP contribution in [0.2, 0.25) is 0 Å². The summed E-state index contributed by atoms with van der Waals surface area (Å²) in [6, 6.07) is 16.2. The van der Waals surface area contributed by atoms with Crippen LogP contribution in [-0.4, -0.2) is 55.4 Å². The monoisotopic (exact) mass is 434 g/mol. The third-order valence-corrected chi connectivity index (χ3v) is 5.09. The number of nitrogens with zero attached hydrogens (tertiary/aromatic N) is 4. The van der Waals surface area contributed by atoms with E-state index in [2.05, 4.69) is 9.88 Å². The zero-order chi connectivity index (χ0) is 23.1. The smallest absolute Gasteiger partial charge is 0.299 e. The van der Waals surface area contributed by atoms with Crippen molar-refractivity contribution in [2.75, 3.05) is 39.2 Å². The molecule has 1 heterocycles. The number of carbonyl (C=O) groups is 1. The first-order valence-corrected chi connectivity index (χ1v) is 10.2. The number of aldehydes is 1. The molecule has 0 aliphatic rings. The second-order valence-electron chi connectivity index (χ2n) is 7.50. The summed E-state index contributed by atoms with van der Waals surface area (Å²) in [6.45, 7) is 1.33. The fourth-order valence-corrected chi connectivity index (χ4v) is 3.58. The molecule has 3 aromatic rings. The third-order valence-electron chi connectivity index (χ3n) is 5.09. The van der Waals surface area contributed by atoms with Crippen molar-refractivity contribution in [2.45, 2.75) is 6.42 Å². The molecule has 0 spiro atoms. The molecule has 0 amide bonds. The summed E-state index contributed by atoms with van der Waals surface area (Å²) in [5.41, 5.74) is 3.15. The summed E-state index contributed by atoms with van der Waals surface area (Å²) in [6.07, 6.45) is 3.05. The topological polar surface area (TPSA) is 88.8 Å². The number of pyridine rings is 1. The van der Waals surface area contributed by atoms with Crippen molar-refractivity contribution in [3.05, 3.63) is 76.5 Å². The van der Waals surface area contributed by atoms with Crippen molar-refractivity contribution in [3.8, 4) is 17.0 Å². The second-order valence-corrected chi connectivity index (χ2v) is 7.50. The first kappa shape index (κ1) is 22.9. The Balaban J connectivity index is 2.19. The van der Waals surface area contributed by atoms with Gasteiger partial charge in [0.2, 0.25) is 5.88 Å². The first-order chi connectivity index (χ1) is 15.5. The normalized spacial score (nSPS) is 10.8. The van der Waals surface area contributed by atoms with Gasteiger partial charge < -0.3 is 14.5 Å². The van der Waals surface area contributed by atoms with Crippen LogP contribution in [0.1, 0.15) is 16.8 Å². The van der Waals surface area contributed by atoms with E-state index in [1.807, 2.05) is 61.5 Å². The predicted molar refractivity (Wildman–Crippen MR) is 125 cm³/mol. The molecule has 32 heavy (non-hydrogen) atoms. The summed E-state index contributed by atoms with van der Waals surface area (Å²) in [5.74, 6) is 0.174. The van der Waals surface area contributed by atoms with Gasteiger partial charge >= 0.3 is 0 Å². The Morgan fingerprint density at radius 1 is 1.03 bits per heavy atom. The highest BCUT2D eigenvalue weighted by Gasteiger charge is 2.25. The van der Waals surface area contributed by atoms with Crippen LogP contribution in [0.15, 0.2) is 60.8 Å². The van der Waals surface area contributed by atoms with Gasteiger partial charge in [-0.15, -0.1) is 0 Å². The van der Waals surface area contributed by atoms with Gasteiger partial charge in [-0.1, -0.05) is 42.5 Å². The molecular weight excluding hydrogens is 408 g/mol. The molecule has 8 heteroatoms. The van der Waals surface area contributed by atoms with Crippen LogP contribution in [0.5, 0.6) is 5.88 Å². The minimum atomic E-state index is -0.430. The van der Waals surface area contributed by atoms with Crippen LogP contribution in [0.25, 0.3) is 11.1 Å². The fourth-order valence-electron chi connectivity index (χ4n) is 3.58. The van der Waals surface area contributed by atoms with E-state index in [-0.39, 0.29) is 11.6 Å². The Hall–Kier alpha value is -3.78. The van der Waals surface area contributed by atoms with Crippen molar-refractivity contribution in [1.29, 1.82) is 0 Å². The minimum absolute atomic E-state index is 0.0971. The molecule has 0 atom stereocenters. The van der Waals surface area contributed by atoms with E-state index >= 15 is 0 Å². The summed E-state index contributed by atoms with van der Waals surface area (Å²) in [7, 11) is 5.39. The van der Waals surface area contributed by atoms with Gasteiger partial charge in [-0.2, -0.15) is 0 Å². The molecule has 166 valence electrons. The number of aromatic nitrogens is 1. The van der Waals surface area contributed by atoms with E-state index in [9.17, 15) is 14.9 Å². The molecule has 3 rings (SSSR count). The predicted octanol–water partition coefficient (Wildman–Crippen LogP) is 4.57. The number of rotatable bonds is 10. The molecule has 8 nitrogen and oxygen atoms in total. The molecule has 2 aromatic carbocycles. The highest BCUT2D eigenvalue weighted by Crippen LogP contribution is 2.40. The lowest BCUT2D eigenvalue weighted by Gasteiger charge is -2.28. The maximum Gasteiger partial charge on any atom is 0.299 e. The quantitative estimate of drug-likeness (QED) is 0.262. The molecule has 1 aromatic heterocycles. The van der Waals surface area contributed by atoms with E-state index in [0.717, 1.165) is 36.1 Å². The van der Waals surface area contributed by atoms with Gasteiger partial charge in [0.15, 0.2) is 6.29 Å². The first-order valence-electron chi connectivity index (χ1n) is 10.2. The SMILES string of the molecule is COc1cc([N+](=O)[O-])c(N(CCCN(C)C)c2ccccc2-c2ccccc2C=O)cn1. The van der Waals surface area contributed by atoms with Crippen molar-refractivity contribution in [2.24, 2.45) is 0 Å². The van der Waals surface area contributed by atoms with Crippen LogP contribution in [0, 0.1) is 10.1 Å². The van der Waals surface area contributed by atoms with Crippen LogP contribution < -0.4 is 9.64 Å². The Kier molecular flexibility index (Phi) is 7.51. The van der Waals surface area contributed by atoms with Gasteiger partial charge in [0.05, 0.1) is 24.3 Å². The van der Waals surface area contributed by atoms with E-state index in [0.29, 0.717) is 17.8 Å². The Morgan fingerprint density at radius 3 is 2.38 bits per heavy atom. The lowest BCUT2D eigenvalue weighted by Crippen LogP contribution is -2.24. The van der Waals surface area contributed by atoms with Crippen LogP contribution in [0.3, 0.4) is 0 Å². The van der Waals surface area contributed by atoms with Gasteiger partial charge in [0, 0.05) is 23.4 Å². The van der Waals surface area contributed by atoms with Crippen LogP contribution >= 0.6 is 0 Å². The Bertz CT molecular complexity index is 1100. The van der Waals surface area contributed by atoms with Gasteiger partial charge in [-0.05, 0) is 38.7 Å². The number of ether oxygens (including phenoxy) is 1. The molecule has 0 saturated heterocycles. The zero-order valence-corrected chi connectivity index (χ0v) is 18.4. The van der Waals surface area contributed by atoms with Crippen molar-refractivity contribution >= 4 is 23.3 Å². The number of nitro groups is 1. The standard InChI is InChI=1S/C24H26N4O4/c1-26(2)13-8-14-27(23-16-25-24(32-3)15-22(23)28(30)31)21-12-7-6-11-20(21)19-10-5-4-9-18(19)17-29/h4-7,9-12,15-17H,8,13-14H2,1-3H3. The van der Waals surface area contributed by atoms with Gasteiger partial charge in [-0.25, -0.2) is 4.98 Å². The molecular formula is C24H26N4O4. The van der Waals surface area contributed by atoms with Crippen LogP contribution in [-0.2, 0) is 0 Å². The van der Waals surface area contributed by atoms with Gasteiger partial charge in [0.25, 0.3) is 5.69 Å². The van der Waals surface area contributed by atoms with E-state index in [1.165, 1.54) is 19.4 Å². The number of anilines is 2. The number of benzene rings is 2. The molecule has 0 fully saturated rings. The van der Waals surface area contributed by atoms with Gasteiger partial charge in [-0.3, -0.25) is 14.9 Å². The van der Waals surface area contributed by atoms with Crippen molar-refractivity contribution in [3.63, 3.8) is 0 Å². The Labute approximate surface area is 187 Å². The molecule has 0 unspecified atom stereocenters. The summed E-state index contributed by atoms with van der Waals surface area (Å²) >= 11 is 0. The number of para-hydroxylation sites is 1. The highest BCUT2D eigenvalue weighted by atomic mass is 16.6. The molecule has 0 aliphatic carbocycles. The average molecular weight is 434 g/mol. The van der Waals surface area contributed by atoms with E-state index < -0.39 is 4.92 Å².